The average molecular weight is 603 g/mol. The Morgan fingerprint density at radius 2 is 1.62 bits per heavy atom. The molecule has 0 bridgehead atoms. The lowest BCUT2D eigenvalue weighted by atomic mass is 9.99. The van der Waals surface area contributed by atoms with Gasteiger partial charge in [-0.3, -0.25) is 14.7 Å². The van der Waals surface area contributed by atoms with E-state index in [2.05, 4.69) is 14.8 Å². The number of amides is 1. The third-order valence-corrected chi connectivity index (χ3v) is 6.99. The lowest BCUT2D eigenvalue weighted by molar-refractivity contribution is -0.134. The van der Waals surface area contributed by atoms with Crippen molar-refractivity contribution in [1.82, 2.24) is 9.80 Å². The summed E-state index contributed by atoms with van der Waals surface area (Å²) in [6.45, 7) is 10.2. The molecule has 0 atom stereocenters. The van der Waals surface area contributed by atoms with Gasteiger partial charge in [-0.15, -0.1) is 0 Å². The highest BCUT2D eigenvalue weighted by Gasteiger charge is 2.26. The number of halogens is 2. The number of carboxylic acid groups (broad SMARTS) is 2. The molecule has 2 aliphatic rings. The number of fused-ring (bicyclic) bond motifs is 1. The molecule has 0 radical (unpaired) electrons. The molecule has 0 saturated carbocycles. The summed E-state index contributed by atoms with van der Waals surface area (Å²) < 4.78 is 20.1. The number of rotatable bonds is 11. The maximum Gasteiger partial charge on any atom is 0.328 e. The molecule has 1 saturated heterocycles. The van der Waals surface area contributed by atoms with E-state index in [9.17, 15) is 18.8 Å². The Morgan fingerprint density at radius 3 is 2.24 bits per heavy atom. The number of ether oxygens (including phenoxy) is 1. The van der Waals surface area contributed by atoms with Gasteiger partial charge in [-0.25, -0.2) is 14.0 Å². The topological polar surface area (TPSA) is 123 Å². The van der Waals surface area contributed by atoms with Crippen molar-refractivity contribution >= 4 is 40.8 Å². The molecule has 42 heavy (non-hydrogen) atoms. The van der Waals surface area contributed by atoms with Gasteiger partial charge in [0.25, 0.3) is 0 Å². The van der Waals surface area contributed by atoms with E-state index in [1.165, 1.54) is 6.07 Å². The summed E-state index contributed by atoms with van der Waals surface area (Å²) in [6, 6.07) is 11.9. The van der Waals surface area contributed by atoms with Crippen LogP contribution in [0.2, 0.25) is 5.02 Å². The van der Waals surface area contributed by atoms with Crippen LogP contribution in [0, 0.1) is 5.82 Å². The van der Waals surface area contributed by atoms with Crippen LogP contribution in [0.4, 0.5) is 10.1 Å². The average Bonchev–Trinajstić information content (AvgIpc) is 3.09. The highest BCUT2D eigenvalue weighted by molar-refractivity contribution is 6.32. The Morgan fingerprint density at radius 1 is 0.976 bits per heavy atom. The molecular formula is C30H36ClFN4O6. The minimum atomic E-state index is -1.26. The summed E-state index contributed by atoms with van der Waals surface area (Å²) >= 11 is 6.29. The zero-order valence-corrected chi connectivity index (χ0v) is 24.3. The quantitative estimate of drug-likeness (QED) is 0.296. The second kappa shape index (κ2) is 16.7. The molecule has 0 spiro atoms. The van der Waals surface area contributed by atoms with E-state index in [4.69, 9.17) is 26.6 Å². The lowest BCUT2D eigenvalue weighted by Gasteiger charge is -2.35. The van der Waals surface area contributed by atoms with Crippen molar-refractivity contribution in [3.63, 3.8) is 0 Å². The van der Waals surface area contributed by atoms with Gasteiger partial charge in [-0.05, 0) is 50.2 Å². The molecule has 1 amide bonds. The summed E-state index contributed by atoms with van der Waals surface area (Å²) in [5.74, 6) is -2.97. The van der Waals surface area contributed by atoms with Crippen LogP contribution in [-0.2, 0) is 19.1 Å². The van der Waals surface area contributed by atoms with Crippen LogP contribution in [0.1, 0.15) is 24.5 Å². The normalized spacial score (nSPS) is 15.9. The van der Waals surface area contributed by atoms with E-state index < -0.39 is 11.9 Å². The van der Waals surface area contributed by atoms with Crippen molar-refractivity contribution in [3.05, 3.63) is 76.6 Å². The number of benzodiazepines with no additional fused rings is 1. The van der Waals surface area contributed by atoms with Crippen molar-refractivity contribution < 1.29 is 33.7 Å². The van der Waals surface area contributed by atoms with E-state index in [0.29, 0.717) is 40.6 Å². The molecule has 2 N–H and O–H groups in total. The number of anilines is 1. The number of benzene rings is 2. The second-order valence-electron chi connectivity index (χ2n) is 9.60. The van der Waals surface area contributed by atoms with Crippen molar-refractivity contribution in [2.75, 3.05) is 70.5 Å². The van der Waals surface area contributed by atoms with Gasteiger partial charge in [0, 0.05) is 74.2 Å². The second-order valence-corrected chi connectivity index (χ2v) is 10.0. The van der Waals surface area contributed by atoms with E-state index in [-0.39, 0.29) is 18.3 Å². The molecule has 4 rings (SSSR count). The molecule has 2 aliphatic heterocycles. The monoisotopic (exact) mass is 602 g/mol. The highest BCUT2D eigenvalue weighted by atomic mass is 35.5. The summed E-state index contributed by atoms with van der Waals surface area (Å²) in [6.07, 6.45) is 1.96. The first-order valence-corrected chi connectivity index (χ1v) is 14.1. The van der Waals surface area contributed by atoms with Gasteiger partial charge in [0.05, 0.1) is 18.0 Å². The number of aliphatic carboxylic acids is 2. The van der Waals surface area contributed by atoms with Crippen LogP contribution in [0.15, 0.2) is 59.6 Å². The first-order valence-electron chi connectivity index (χ1n) is 13.8. The third kappa shape index (κ3) is 10.0. The van der Waals surface area contributed by atoms with Gasteiger partial charge in [0.2, 0.25) is 5.91 Å². The number of nitrogens with zero attached hydrogens (tertiary/aromatic N) is 4. The Labute approximate surface area is 249 Å². The summed E-state index contributed by atoms with van der Waals surface area (Å²) in [5.41, 5.74) is 2.26. The first kappa shape index (κ1) is 32.9. The molecule has 0 aliphatic carbocycles. The van der Waals surface area contributed by atoms with Crippen LogP contribution in [0.25, 0.3) is 0 Å². The maximum absolute atomic E-state index is 14.6. The molecule has 2 aromatic carbocycles. The Hall–Kier alpha value is -3.64. The molecule has 0 aromatic heterocycles. The number of hydrogen-bond acceptors (Lipinski definition) is 7. The number of carbonyl (C=O) groups is 3. The number of piperazine rings is 1. The predicted octanol–water partition coefficient (Wildman–Crippen LogP) is 3.42. The number of carbonyl (C=O) groups excluding carboxylic acids is 1. The fourth-order valence-electron chi connectivity index (χ4n) is 4.68. The fourth-order valence-corrected chi connectivity index (χ4v) is 4.86. The van der Waals surface area contributed by atoms with Crippen LogP contribution in [0.3, 0.4) is 0 Å². The molecule has 226 valence electrons. The zero-order valence-electron chi connectivity index (χ0n) is 23.5. The summed E-state index contributed by atoms with van der Waals surface area (Å²) in [4.78, 5) is 43.3. The molecule has 0 unspecified atom stereocenters. The van der Waals surface area contributed by atoms with Gasteiger partial charge in [-0.2, -0.15) is 0 Å². The van der Waals surface area contributed by atoms with E-state index in [1.807, 2.05) is 13.0 Å². The summed E-state index contributed by atoms with van der Waals surface area (Å²) in [7, 11) is 0. The molecule has 12 heteroatoms. The fraction of sp³-hybridized carbons (Fsp3) is 0.400. The maximum atomic E-state index is 14.6. The van der Waals surface area contributed by atoms with Gasteiger partial charge < -0.3 is 24.7 Å². The van der Waals surface area contributed by atoms with E-state index in [0.717, 1.165) is 64.6 Å². The minimum Gasteiger partial charge on any atom is -0.478 e. The minimum absolute atomic E-state index is 0.0194. The number of hydrogen-bond donors (Lipinski definition) is 2. The number of carboxylic acids is 2. The van der Waals surface area contributed by atoms with Crippen LogP contribution in [0.5, 0.6) is 0 Å². The van der Waals surface area contributed by atoms with Crippen LogP contribution < -0.4 is 4.90 Å². The van der Waals surface area contributed by atoms with Crippen molar-refractivity contribution in [3.8, 4) is 0 Å². The Balaban J connectivity index is 0.000000531. The van der Waals surface area contributed by atoms with Gasteiger partial charge in [0.1, 0.15) is 12.4 Å². The molecule has 10 nitrogen and oxygen atoms in total. The van der Waals surface area contributed by atoms with Gasteiger partial charge in [0.15, 0.2) is 0 Å². The summed E-state index contributed by atoms with van der Waals surface area (Å²) in [5, 5.41) is 16.2. The SMILES string of the molecule is CCOCCN1CCN(CCCN2C(=O)CN=C(c3ccccc3F)c3cc(Cl)ccc32)CC1.O=C(O)/C=C\C(=O)O. The zero-order chi connectivity index (χ0) is 30.5. The van der Waals surface area contributed by atoms with Crippen molar-refractivity contribution in [1.29, 1.82) is 0 Å². The van der Waals surface area contributed by atoms with Crippen LogP contribution in [-0.4, -0.2) is 109 Å². The molecule has 2 aromatic rings. The van der Waals surface area contributed by atoms with Gasteiger partial charge in [-0.1, -0.05) is 23.7 Å². The molecular weight excluding hydrogens is 567 g/mol. The largest absolute Gasteiger partial charge is 0.478 e. The third-order valence-electron chi connectivity index (χ3n) is 6.75. The Bertz CT molecular complexity index is 1280. The smallest absolute Gasteiger partial charge is 0.328 e. The molecule has 1 fully saturated rings. The molecule has 2 heterocycles. The van der Waals surface area contributed by atoms with Crippen molar-refractivity contribution in [2.45, 2.75) is 13.3 Å². The Kier molecular flexibility index (Phi) is 13.1. The van der Waals surface area contributed by atoms with E-state index in [1.54, 1.807) is 35.2 Å². The van der Waals surface area contributed by atoms with E-state index >= 15 is 0 Å². The number of aliphatic imine (C=N–C) groups is 1. The van der Waals surface area contributed by atoms with Gasteiger partial charge >= 0.3 is 11.9 Å². The van der Waals surface area contributed by atoms with Crippen LogP contribution >= 0.6 is 11.6 Å². The predicted molar refractivity (Wildman–Crippen MR) is 159 cm³/mol. The van der Waals surface area contributed by atoms with Crippen molar-refractivity contribution in [2.24, 2.45) is 4.99 Å². The lowest BCUT2D eigenvalue weighted by Crippen LogP contribution is -2.48. The standard InChI is InChI=1S/C26H32ClFN4O2.C4H4O4/c1-2-34-17-16-31-14-12-30(13-15-31)10-5-11-32-24-9-8-20(27)18-22(24)26(29-19-25(32)33)21-6-3-4-7-23(21)28;5-3(6)1-2-4(7)8/h3-4,6-9,18H,2,5,10-17,19H2,1H3;1-2H,(H,5,6)(H,7,8)/b;2-1-. The highest BCUT2D eigenvalue weighted by Crippen LogP contribution is 2.30. The first-order chi connectivity index (χ1) is 20.2.